The van der Waals surface area contributed by atoms with Gasteiger partial charge in [0.2, 0.25) is 0 Å². The number of rotatable bonds is 5. The van der Waals surface area contributed by atoms with Gasteiger partial charge >= 0.3 is 0 Å². The summed E-state index contributed by atoms with van der Waals surface area (Å²) < 4.78 is 0. The lowest BCUT2D eigenvalue weighted by Gasteiger charge is -2.22. The van der Waals surface area contributed by atoms with Crippen LogP contribution in [0.15, 0.2) is 11.4 Å². The summed E-state index contributed by atoms with van der Waals surface area (Å²) >= 11 is 1.88. The van der Waals surface area contributed by atoms with E-state index in [2.05, 4.69) is 29.0 Å². The van der Waals surface area contributed by atoms with Gasteiger partial charge in [-0.1, -0.05) is 6.92 Å². The number of hydrogen-bond donors (Lipinski definition) is 2. The fraction of sp³-hybridized carbons (Fsp3) is 0.692. The molecule has 1 aromatic rings. The van der Waals surface area contributed by atoms with Crippen molar-refractivity contribution in [3.8, 4) is 0 Å². The first kappa shape index (κ1) is 12.1. The van der Waals surface area contributed by atoms with Crippen molar-refractivity contribution in [3.63, 3.8) is 0 Å². The van der Waals surface area contributed by atoms with Crippen molar-refractivity contribution in [1.82, 2.24) is 10.6 Å². The van der Waals surface area contributed by atoms with E-state index >= 15 is 0 Å². The van der Waals surface area contributed by atoms with Gasteiger partial charge in [-0.05, 0) is 61.8 Å². The summed E-state index contributed by atoms with van der Waals surface area (Å²) in [5.41, 5.74) is 1.51. The smallest absolute Gasteiger partial charge is 0.0302 e. The Balaban J connectivity index is 1.71. The van der Waals surface area contributed by atoms with E-state index in [9.17, 15) is 0 Å². The molecule has 0 radical (unpaired) electrons. The van der Waals surface area contributed by atoms with Crippen molar-refractivity contribution in [2.45, 2.75) is 32.7 Å². The molecule has 1 aliphatic heterocycles. The summed E-state index contributed by atoms with van der Waals surface area (Å²) in [5.74, 6) is 0.832. The van der Waals surface area contributed by atoms with Crippen molar-refractivity contribution in [2.24, 2.45) is 5.92 Å². The predicted molar refractivity (Wildman–Crippen MR) is 71.0 cm³/mol. The Labute approximate surface area is 102 Å². The maximum atomic E-state index is 3.60. The van der Waals surface area contributed by atoms with Gasteiger partial charge in [-0.2, -0.15) is 0 Å². The van der Waals surface area contributed by atoms with Gasteiger partial charge in [0.1, 0.15) is 0 Å². The number of piperidine rings is 1. The summed E-state index contributed by atoms with van der Waals surface area (Å²) in [4.78, 5) is 1.52. The summed E-state index contributed by atoms with van der Waals surface area (Å²) in [6.07, 6.45) is 3.88. The van der Waals surface area contributed by atoms with Gasteiger partial charge in [0.25, 0.3) is 0 Å². The Hall–Kier alpha value is -0.380. The molecule has 1 atom stereocenters. The van der Waals surface area contributed by atoms with Gasteiger partial charge in [0.05, 0.1) is 0 Å². The van der Waals surface area contributed by atoms with E-state index in [1.54, 1.807) is 0 Å². The van der Waals surface area contributed by atoms with Crippen LogP contribution in [0, 0.1) is 5.92 Å². The predicted octanol–water partition coefficient (Wildman–Crippen LogP) is 2.40. The van der Waals surface area contributed by atoms with Gasteiger partial charge < -0.3 is 10.6 Å². The summed E-state index contributed by atoms with van der Waals surface area (Å²) in [6, 6.07) is 2.25. The second kappa shape index (κ2) is 6.38. The molecule has 0 spiro atoms. The van der Waals surface area contributed by atoms with Gasteiger partial charge in [-0.3, -0.25) is 0 Å². The summed E-state index contributed by atoms with van der Waals surface area (Å²) in [7, 11) is 0. The van der Waals surface area contributed by atoms with Crippen LogP contribution < -0.4 is 10.6 Å². The van der Waals surface area contributed by atoms with Gasteiger partial charge in [-0.15, -0.1) is 11.3 Å². The first-order chi connectivity index (χ1) is 7.90. The molecule has 90 valence electrons. The molecule has 3 heteroatoms. The molecule has 2 rings (SSSR count). The number of thiophene rings is 1. The quantitative estimate of drug-likeness (QED) is 0.823. The summed E-state index contributed by atoms with van der Waals surface area (Å²) in [6.45, 7) is 6.85. The highest BCUT2D eigenvalue weighted by atomic mass is 32.1. The van der Waals surface area contributed by atoms with Crippen LogP contribution in [0.5, 0.6) is 0 Å². The van der Waals surface area contributed by atoms with Crippen molar-refractivity contribution < 1.29 is 0 Å². The number of hydrogen-bond acceptors (Lipinski definition) is 3. The van der Waals surface area contributed by atoms with Crippen molar-refractivity contribution in [1.29, 1.82) is 0 Å². The Bertz CT molecular complexity index is 303. The topological polar surface area (TPSA) is 24.1 Å². The number of aryl methyl sites for hydroxylation is 1. The third-order valence-electron chi connectivity index (χ3n) is 3.34. The van der Waals surface area contributed by atoms with Crippen LogP contribution in [0.4, 0.5) is 0 Å². The molecule has 2 N–H and O–H groups in total. The molecule has 0 aliphatic carbocycles. The molecule has 1 unspecified atom stereocenters. The molecule has 2 heterocycles. The second-order valence-electron chi connectivity index (χ2n) is 4.57. The van der Waals surface area contributed by atoms with Gasteiger partial charge in [0, 0.05) is 11.4 Å². The molecule has 2 nitrogen and oxygen atoms in total. The third kappa shape index (κ3) is 3.30. The molecular formula is C13H22N2S. The van der Waals surface area contributed by atoms with Gasteiger partial charge in [0.15, 0.2) is 0 Å². The average Bonchev–Trinajstić information content (AvgIpc) is 2.78. The lowest BCUT2D eigenvalue weighted by molar-refractivity contribution is 0.360. The highest BCUT2D eigenvalue weighted by molar-refractivity contribution is 7.10. The normalized spacial score (nSPS) is 21.2. The lowest BCUT2D eigenvalue weighted by Crippen LogP contribution is -2.35. The molecule has 0 bridgehead atoms. The molecule has 1 fully saturated rings. The average molecular weight is 238 g/mol. The molecular weight excluding hydrogens is 216 g/mol. The lowest BCUT2D eigenvalue weighted by atomic mass is 10.00. The first-order valence-corrected chi connectivity index (χ1v) is 7.24. The van der Waals surface area contributed by atoms with Crippen molar-refractivity contribution >= 4 is 11.3 Å². The van der Waals surface area contributed by atoms with E-state index in [4.69, 9.17) is 0 Å². The summed E-state index contributed by atoms with van der Waals surface area (Å²) in [5, 5.41) is 9.27. The number of nitrogens with one attached hydrogen (secondary N) is 2. The Morgan fingerprint density at radius 1 is 1.56 bits per heavy atom. The Morgan fingerprint density at radius 2 is 2.50 bits per heavy atom. The molecule has 1 aromatic heterocycles. The Morgan fingerprint density at radius 3 is 3.25 bits per heavy atom. The van der Waals surface area contributed by atoms with Gasteiger partial charge in [-0.25, -0.2) is 0 Å². The van der Waals surface area contributed by atoms with Crippen LogP contribution in [0.1, 0.15) is 30.2 Å². The van der Waals surface area contributed by atoms with Crippen LogP contribution in [0.25, 0.3) is 0 Å². The standard InChI is InChI=1S/C13H22N2S/c1-2-12-5-7-16-13(12)10-15-9-11-4-3-6-14-8-11/h5,7,11,14-15H,2-4,6,8-10H2,1H3. The zero-order valence-corrected chi connectivity index (χ0v) is 10.9. The van der Waals surface area contributed by atoms with Crippen molar-refractivity contribution in [2.75, 3.05) is 19.6 Å². The first-order valence-electron chi connectivity index (χ1n) is 6.37. The minimum Gasteiger partial charge on any atom is -0.316 e. The monoisotopic (exact) mass is 238 g/mol. The van der Waals surface area contributed by atoms with E-state index in [0.29, 0.717) is 0 Å². The zero-order valence-electron chi connectivity index (χ0n) is 10.1. The van der Waals surface area contributed by atoms with Crippen LogP contribution >= 0.6 is 11.3 Å². The van der Waals surface area contributed by atoms with Crippen LogP contribution in [-0.4, -0.2) is 19.6 Å². The largest absolute Gasteiger partial charge is 0.316 e. The molecule has 0 saturated carbocycles. The van der Waals surface area contributed by atoms with E-state index in [1.165, 1.54) is 36.4 Å². The van der Waals surface area contributed by atoms with E-state index in [0.717, 1.165) is 25.4 Å². The van der Waals surface area contributed by atoms with Crippen LogP contribution in [0.2, 0.25) is 0 Å². The molecule has 0 amide bonds. The van der Waals surface area contributed by atoms with Crippen LogP contribution in [-0.2, 0) is 13.0 Å². The third-order valence-corrected chi connectivity index (χ3v) is 4.30. The maximum absolute atomic E-state index is 3.60. The molecule has 16 heavy (non-hydrogen) atoms. The molecule has 1 saturated heterocycles. The second-order valence-corrected chi connectivity index (χ2v) is 5.57. The van der Waals surface area contributed by atoms with E-state index in [1.807, 2.05) is 11.3 Å². The van der Waals surface area contributed by atoms with E-state index in [-0.39, 0.29) is 0 Å². The van der Waals surface area contributed by atoms with Crippen LogP contribution in [0.3, 0.4) is 0 Å². The fourth-order valence-electron chi connectivity index (χ4n) is 2.33. The highest BCUT2D eigenvalue weighted by Gasteiger charge is 2.12. The molecule has 0 aromatic carbocycles. The maximum Gasteiger partial charge on any atom is 0.0302 e. The SMILES string of the molecule is CCc1ccsc1CNCC1CCCNC1. The molecule has 1 aliphatic rings. The minimum absolute atomic E-state index is 0.832. The zero-order chi connectivity index (χ0) is 11.2. The minimum atomic E-state index is 0.832. The fourth-order valence-corrected chi connectivity index (χ4v) is 3.27. The van der Waals surface area contributed by atoms with E-state index < -0.39 is 0 Å². The van der Waals surface area contributed by atoms with Crippen molar-refractivity contribution in [3.05, 3.63) is 21.9 Å². The highest BCUT2D eigenvalue weighted by Crippen LogP contribution is 2.17. The Kier molecular flexibility index (Phi) is 4.82.